The van der Waals surface area contributed by atoms with Crippen molar-refractivity contribution in [2.24, 2.45) is 0 Å². The fraction of sp³-hybridized carbons (Fsp3) is 0.467. The first-order valence-corrected chi connectivity index (χ1v) is 7.56. The minimum absolute atomic E-state index is 0.0268. The molecule has 110 valence electrons. The number of carbonyl (C=O) groups is 2. The van der Waals surface area contributed by atoms with Crippen molar-refractivity contribution >= 4 is 33.4 Å². The molecule has 0 aromatic heterocycles. The molecule has 0 spiro atoms. The normalized spacial score (nSPS) is 10.2. The smallest absolute Gasteiger partial charge is 0.223 e. The van der Waals surface area contributed by atoms with E-state index in [0.29, 0.717) is 19.5 Å². The maximum Gasteiger partial charge on any atom is 0.223 e. The van der Waals surface area contributed by atoms with Crippen LogP contribution in [0.3, 0.4) is 0 Å². The van der Waals surface area contributed by atoms with Crippen molar-refractivity contribution in [1.29, 1.82) is 0 Å². The third-order valence-electron chi connectivity index (χ3n) is 2.91. The summed E-state index contributed by atoms with van der Waals surface area (Å²) in [7, 11) is 0. The van der Waals surface area contributed by atoms with E-state index in [4.69, 9.17) is 0 Å². The monoisotopic (exact) mass is 340 g/mol. The quantitative estimate of drug-likeness (QED) is 0.865. The Labute approximate surface area is 128 Å². The van der Waals surface area contributed by atoms with E-state index in [1.165, 1.54) is 6.92 Å². The Balaban J connectivity index is 2.70. The Bertz CT molecular complexity index is 489. The van der Waals surface area contributed by atoms with Crippen molar-refractivity contribution in [2.75, 3.05) is 18.0 Å². The van der Waals surface area contributed by atoms with Crippen molar-refractivity contribution in [3.8, 4) is 0 Å². The van der Waals surface area contributed by atoms with E-state index in [9.17, 15) is 9.59 Å². The molecule has 0 aliphatic rings. The van der Waals surface area contributed by atoms with E-state index < -0.39 is 0 Å². The number of amides is 2. The molecule has 1 aromatic carbocycles. The Kier molecular flexibility index (Phi) is 6.71. The molecule has 0 saturated carbocycles. The van der Waals surface area contributed by atoms with E-state index in [0.717, 1.165) is 22.1 Å². The first-order chi connectivity index (χ1) is 9.45. The second-order valence-corrected chi connectivity index (χ2v) is 5.58. The van der Waals surface area contributed by atoms with E-state index in [2.05, 4.69) is 21.2 Å². The number of rotatable bonds is 6. The van der Waals surface area contributed by atoms with E-state index in [1.807, 2.05) is 32.0 Å². The highest BCUT2D eigenvalue weighted by molar-refractivity contribution is 9.10. The molecule has 20 heavy (non-hydrogen) atoms. The van der Waals surface area contributed by atoms with E-state index >= 15 is 0 Å². The number of halogens is 1. The van der Waals surface area contributed by atoms with Crippen LogP contribution in [0.4, 0.5) is 5.69 Å². The molecule has 0 aliphatic heterocycles. The van der Waals surface area contributed by atoms with Gasteiger partial charge in [-0.25, -0.2) is 0 Å². The average Bonchev–Trinajstić information content (AvgIpc) is 2.36. The number of anilines is 1. The Hall–Kier alpha value is -1.36. The average molecular weight is 341 g/mol. The van der Waals surface area contributed by atoms with Crippen LogP contribution in [0.1, 0.15) is 32.3 Å². The number of nitrogens with one attached hydrogen (secondary N) is 1. The number of hydrogen-bond acceptors (Lipinski definition) is 2. The van der Waals surface area contributed by atoms with Crippen LogP contribution < -0.4 is 10.2 Å². The molecule has 1 N–H and O–H groups in total. The molecule has 0 radical (unpaired) electrons. The molecule has 2 amide bonds. The van der Waals surface area contributed by atoms with Gasteiger partial charge in [0.2, 0.25) is 11.8 Å². The van der Waals surface area contributed by atoms with Gasteiger partial charge in [-0.2, -0.15) is 0 Å². The van der Waals surface area contributed by atoms with Crippen molar-refractivity contribution in [3.63, 3.8) is 0 Å². The van der Waals surface area contributed by atoms with Crippen molar-refractivity contribution in [3.05, 3.63) is 28.2 Å². The lowest BCUT2D eigenvalue weighted by Gasteiger charge is -2.23. The molecule has 1 rings (SSSR count). The number of hydrogen-bond donors (Lipinski definition) is 1. The van der Waals surface area contributed by atoms with Crippen LogP contribution in [0, 0.1) is 6.92 Å². The third kappa shape index (κ3) is 4.96. The lowest BCUT2D eigenvalue weighted by atomic mass is 10.2. The summed E-state index contributed by atoms with van der Waals surface area (Å²) in [5, 5.41) is 2.82. The van der Waals surface area contributed by atoms with Gasteiger partial charge in [0.15, 0.2) is 0 Å². The van der Waals surface area contributed by atoms with Gasteiger partial charge in [0.05, 0.1) is 5.69 Å². The number of nitrogens with zero attached hydrogens (tertiary/aromatic N) is 1. The minimum Gasteiger partial charge on any atom is -0.354 e. The van der Waals surface area contributed by atoms with Gasteiger partial charge in [0, 0.05) is 30.9 Å². The van der Waals surface area contributed by atoms with Gasteiger partial charge in [0.25, 0.3) is 0 Å². The van der Waals surface area contributed by atoms with Crippen molar-refractivity contribution in [2.45, 2.75) is 33.6 Å². The highest BCUT2D eigenvalue weighted by Gasteiger charge is 2.14. The summed E-state index contributed by atoms with van der Waals surface area (Å²) in [5.74, 6) is -0.0155. The van der Waals surface area contributed by atoms with Crippen LogP contribution in [0.5, 0.6) is 0 Å². The van der Waals surface area contributed by atoms with E-state index in [-0.39, 0.29) is 11.8 Å². The SMILES string of the molecule is CCCC(=O)NCCN(C(C)=O)c1ccc(C)cc1Br. The highest BCUT2D eigenvalue weighted by Crippen LogP contribution is 2.27. The van der Waals surface area contributed by atoms with Gasteiger partial charge in [-0.1, -0.05) is 13.0 Å². The van der Waals surface area contributed by atoms with Crippen molar-refractivity contribution in [1.82, 2.24) is 5.32 Å². The van der Waals surface area contributed by atoms with Gasteiger partial charge >= 0.3 is 0 Å². The van der Waals surface area contributed by atoms with Crippen LogP contribution in [0.15, 0.2) is 22.7 Å². The van der Waals surface area contributed by atoms with Crippen LogP contribution in [0.2, 0.25) is 0 Å². The van der Waals surface area contributed by atoms with Crippen molar-refractivity contribution < 1.29 is 9.59 Å². The Morgan fingerprint density at radius 1 is 1.35 bits per heavy atom. The first kappa shape index (κ1) is 16.7. The standard InChI is InChI=1S/C15H21BrN2O2/c1-4-5-15(20)17-8-9-18(12(3)19)14-7-6-11(2)10-13(14)16/h6-7,10H,4-5,8-9H2,1-3H3,(H,17,20). The van der Waals surface area contributed by atoms with E-state index in [1.54, 1.807) is 4.90 Å². The summed E-state index contributed by atoms with van der Waals surface area (Å²) in [6.45, 7) is 6.41. The summed E-state index contributed by atoms with van der Waals surface area (Å²) in [6.07, 6.45) is 1.35. The molecule has 5 heteroatoms. The predicted octanol–water partition coefficient (Wildman–Crippen LogP) is 3.03. The fourth-order valence-electron chi connectivity index (χ4n) is 1.90. The molecule has 0 atom stereocenters. The van der Waals surface area contributed by atoms with Crippen LogP contribution in [0.25, 0.3) is 0 Å². The number of carbonyl (C=O) groups excluding carboxylic acids is 2. The lowest BCUT2D eigenvalue weighted by molar-refractivity contribution is -0.121. The second kappa shape index (κ2) is 8.04. The maximum absolute atomic E-state index is 11.8. The van der Waals surface area contributed by atoms with Gasteiger partial charge < -0.3 is 10.2 Å². The van der Waals surface area contributed by atoms with Gasteiger partial charge in [-0.05, 0) is 47.0 Å². The summed E-state index contributed by atoms with van der Waals surface area (Å²) < 4.78 is 0.882. The first-order valence-electron chi connectivity index (χ1n) is 6.76. The number of benzene rings is 1. The molecule has 0 saturated heterocycles. The molecule has 1 aromatic rings. The minimum atomic E-state index is -0.0423. The molecular formula is C15H21BrN2O2. The predicted molar refractivity (Wildman–Crippen MR) is 84.8 cm³/mol. The Morgan fingerprint density at radius 3 is 2.60 bits per heavy atom. The molecular weight excluding hydrogens is 320 g/mol. The summed E-state index contributed by atoms with van der Waals surface area (Å²) in [4.78, 5) is 24.9. The van der Waals surface area contributed by atoms with Gasteiger partial charge in [-0.3, -0.25) is 9.59 Å². The highest BCUT2D eigenvalue weighted by atomic mass is 79.9. The lowest BCUT2D eigenvalue weighted by Crippen LogP contribution is -2.37. The molecule has 4 nitrogen and oxygen atoms in total. The summed E-state index contributed by atoms with van der Waals surface area (Å²) in [6, 6.07) is 5.85. The van der Waals surface area contributed by atoms with Crippen LogP contribution in [-0.4, -0.2) is 24.9 Å². The largest absolute Gasteiger partial charge is 0.354 e. The molecule has 0 unspecified atom stereocenters. The Morgan fingerprint density at radius 2 is 2.05 bits per heavy atom. The zero-order valence-corrected chi connectivity index (χ0v) is 13.8. The molecule has 0 fully saturated rings. The third-order valence-corrected chi connectivity index (χ3v) is 3.54. The zero-order valence-electron chi connectivity index (χ0n) is 12.2. The van der Waals surface area contributed by atoms with Crippen LogP contribution >= 0.6 is 15.9 Å². The van der Waals surface area contributed by atoms with Gasteiger partial charge in [0.1, 0.15) is 0 Å². The molecule has 0 aliphatic carbocycles. The summed E-state index contributed by atoms with van der Waals surface area (Å²) >= 11 is 3.48. The van der Waals surface area contributed by atoms with Gasteiger partial charge in [-0.15, -0.1) is 0 Å². The maximum atomic E-state index is 11.8. The fourth-order valence-corrected chi connectivity index (χ4v) is 2.61. The van der Waals surface area contributed by atoms with Crippen LogP contribution in [-0.2, 0) is 9.59 Å². The molecule has 0 bridgehead atoms. The number of aryl methyl sites for hydroxylation is 1. The zero-order chi connectivity index (χ0) is 15.1. The topological polar surface area (TPSA) is 49.4 Å². The second-order valence-electron chi connectivity index (χ2n) is 4.73. The summed E-state index contributed by atoms with van der Waals surface area (Å²) in [5.41, 5.74) is 1.95. The molecule has 0 heterocycles.